The molecular weight excluding hydrogens is 1400 g/mol. The molecule has 5 unspecified atom stereocenters. The molecule has 0 fully saturated rings. The SMILES string of the molecule is CC/C=C\C/C=C\C/C=C\C/C=C\C/C=C\C/C=C\CCC(=O)OCC(COP(=O)(O)OCC(O)COP(=O)(O)OCC(COC(=O)CCCCC/C=C\C/C=C\C/C=C\C/C=C\C/C=C\CC)OC(=O)CCCCCCC/C=C\C/C=C\CCCCC)OC(=O)CCCCCCC/C=C\C/C=C\CCCCC. The van der Waals surface area contributed by atoms with Crippen molar-refractivity contribution in [3.63, 3.8) is 0 Å². The lowest BCUT2D eigenvalue weighted by Crippen LogP contribution is -2.30. The summed E-state index contributed by atoms with van der Waals surface area (Å²) in [5, 5.41) is 10.7. The first-order chi connectivity index (χ1) is 52.7. The van der Waals surface area contributed by atoms with Gasteiger partial charge in [-0.3, -0.25) is 37.3 Å². The second-order valence-electron chi connectivity index (χ2n) is 26.6. The lowest BCUT2D eigenvalue weighted by atomic mass is 10.1. The van der Waals surface area contributed by atoms with E-state index < -0.39 is 97.5 Å². The van der Waals surface area contributed by atoms with E-state index in [0.29, 0.717) is 32.1 Å². The molecule has 0 rings (SSSR count). The number of aliphatic hydroxyl groups is 1. The van der Waals surface area contributed by atoms with Gasteiger partial charge in [-0.1, -0.05) is 281 Å². The summed E-state index contributed by atoms with van der Waals surface area (Å²) in [7, 11) is -10.0. The molecule has 5 atom stereocenters. The van der Waals surface area contributed by atoms with Gasteiger partial charge in [-0.25, -0.2) is 9.13 Å². The molecule has 19 heteroatoms. The third-order valence-corrected chi connectivity index (χ3v) is 18.2. The highest BCUT2D eigenvalue weighted by Gasteiger charge is 2.30. The number of esters is 4. The Labute approximate surface area is 654 Å². The van der Waals surface area contributed by atoms with Crippen LogP contribution in [0.3, 0.4) is 0 Å². The highest BCUT2D eigenvalue weighted by Crippen LogP contribution is 2.45. The van der Waals surface area contributed by atoms with Crippen molar-refractivity contribution in [2.24, 2.45) is 0 Å². The molecule has 0 spiro atoms. The average molecular weight is 1550 g/mol. The molecule has 0 bridgehead atoms. The van der Waals surface area contributed by atoms with E-state index >= 15 is 0 Å². The first-order valence-electron chi connectivity index (χ1n) is 41.0. The van der Waals surface area contributed by atoms with Gasteiger partial charge in [0.25, 0.3) is 0 Å². The Balaban J connectivity index is 5.50. The van der Waals surface area contributed by atoms with Crippen LogP contribution in [0.4, 0.5) is 0 Å². The minimum Gasteiger partial charge on any atom is -0.462 e. The number of phosphoric acid groups is 2. The maximum Gasteiger partial charge on any atom is 0.472 e. The standard InChI is InChI=1S/C89H144O17P2/c1-5-9-13-17-21-25-29-33-37-39-41-43-47-49-53-57-61-65-69-73-86(91)99-79-84(105-88(93)75-71-67-63-59-55-51-45-35-31-27-23-19-15-11-7-3)81-103-107(95,96)101-77-83(90)78-102-108(97,98)104-82-85(106-89(94)76-72-68-64-60-56-52-46-36-32-28-24-20-16-12-8-4)80-100-87(92)74-70-66-62-58-54-50-48-44-42-40-38-34-30-26-22-18-14-10-6-2/h9-10,13-14,21-28,33-38,41-46,49-50,53-54,61,65,83-85,90H,5-8,11-12,15-20,29-32,39-40,47-48,51-52,55-60,62-64,66-82H2,1-4H3,(H,95,96)(H,97,98)/b13-9-,14-10-,25-21-,26-22-,27-23-,28-24-,37-33-,38-34-,43-41-,44-42-,45-35-,46-36-,53-49-,54-50-,65-61-. The van der Waals surface area contributed by atoms with Crippen LogP contribution in [0.1, 0.15) is 297 Å². The van der Waals surface area contributed by atoms with Crippen LogP contribution in [0, 0.1) is 0 Å². The fraction of sp³-hybridized carbons (Fsp3) is 0.618. The third kappa shape index (κ3) is 78.3. The van der Waals surface area contributed by atoms with E-state index in [1.807, 2.05) is 18.2 Å². The van der Waals surface area contributed by atoms with Crippen LogP contribution >= 0.6 is 15.6 Å². The van der Waals surface area contributed by atoms with Gasteiger partial charge in [0.05, 0.1) is 26.4 Å². The Morgan fingerprint density at radius 1 is 0.269 bits per heavy atom. The molecule has 0 radical (unpaired) electrons. The summed E-state index contributed by atoms with van der Waals surface area (Å²) in [6, 6.07) is 0. The third-order valence-electron chi connectivity index (χ3n) is 16.3. The van der Waals surface area contributed by atoms with Crippen molar-refractivity contribution in [2.75, 3.05) is 39.6 Å². The molecule has 108 heavy (non-hydrogen) atoms. The number of hydrogen-bond acceptors (Lipinski definition) is 15. The van der Waals surface area contributed by atoms with E-state index in [1.165, 1.54) is 38.5 Å². The molecule has 0 aliphatic rings. The molecule has 612 valence electrons. The van der Waals surface area contributed by atoms with Crippen LogP contribution in [0.25, 0.3) is 0 Å². The maximum absolute atomic E-state index is 13.1. The molecule has 0 aromatic heterocycles. The van der Waals surface area contributed by atoms with Crippen LogP contribution in [-0.2, 0) is 65.4 Å². The van der Waals surface area contributed by atoms with Crippen molar-refractivity contribution in [3.05, 3.63) is 182 Å². The summed E-state index contributed by atoms with van der Waals surface area (Å²) in [6.07, 6.45) is 95.9. The molecule has 0 aromatic carbocycles. The van der Waals surface area contributed by atoms with E-state index in [4.69, 9.17) is 37.0 Å². The minimum atomic E-state index is -5.01. The fourth-order valence-corrected chi connectivity index (χ4v) is 11.7. The summed E-state index contributed by atoms with van der Waals surface area (Å²) in [4.78, 5) is 73.1. The number of hydrogen-bond donors (Lipinski definition) is 3. The van der Waals surface area contributed by atoms with Gasteiger partial charge in [0.15, 0.2) is 12.2 Å². The highest BCUT2D eigenvalue weighted by atomic mass is 31.2. The van der Waals surface area contributed by atoms with Crippen LogP contribution < -0.4 is 0 Å². The summed E-state index contributed by atoms with van der Waals surface area (Å²) < 4.78 is 68.6. The van der Waals surface area contributed by atoms with Gasteiger partial charge in [-0.2, -0.15) is 0 Å². The predicted octanol–water partition coefficient (Wildman–Crippen LogP) is 24.3. The number of aliphatic hydroxyl groups excluding tert-OH is 1. The smallest absolute Gasteiger partial charge is 0.462 e. The number of carbonyl (C=O) groups is 4. The lowest BCUT2D eigenvalue weighted by molar-refractivity contribution is -0.161. The summed E-state index contributed by atoms with van der Waals surface area (Å²) >= 11 is 0. The van der Waals surface area contributed by atoms with Crippen molar-refractivity contribution in [1.29, 1.82) is 0 Å². The number of carbonyl (C=O) groups excluding carboxylic acids is 4. The second kappa shape index (κ2) is 79.3. The first kappa shape index (κ1) is 102. The Kier molecular flexibility index (Phi) is 75.0. The number of unbranched alkanes of at least 4 members (excludes halogenated alkanes) is 19. The summed E-state index contributed by atoms with van der Waals surface area (Å²) in [6.45, 7) is 4.43. The van der Waals surface area contributed by atoms with E-state index in [1.54, 1.807) is 0 Å². The molecule has 0 saturated carbocycles. The molecular formula is C89H144O17P2. The highest BCUT2D eigenvalue weighted by molar-refractivity contribution is 7.47. The second-order valence-corrected chi connectivity index (χ2v) is 29.5. The van der Waals surface area contributed by atoms with E-state index in [2.05, 4.69) is 192 Å². The van der Waals surface area contributed by atoms with Gasteiger partial charge >= 0.3 is 39.5 Å². The summed E-state index contributed by atoms with van der Waals surface area (Å²) in [5.74, 6) is -2.35. The monoisotopic (exact) mass is 1550 g/mol. The first-order valence-corrected chi connectivity index (χ1v) is 44.0. The van der Waals surface area contributed by atoms with E-state index in [-0.39, 0.29) is 25.7 Å². The predicted molar refractivity (Wildman–Crippen MR) is 445 cm³/mol. The quantitative estimate of drug-likeness (QED) is 0.0169. The van der Waals surface area contributed by atoms with Crippen molar-refractivity contribution in [2.45, 2.75) is 316 Å². The van der Waals surface area contributed by atoms with Crippen molar-refractivity contribution in [1.82, 2.24) is 0 Å². The summed E-state index contributed by atoms with van der Waals surface area (Å²) in [5.41, 5.74) is 0. The molecule has 0 amide bonds. The zero-order valence-corrected chi connectivity index (χ0v) is 68.7. The van der Waals surface area contributed by atoms with Crippen molar-refractivity contribution < 1.29 is 80.2 Å². The van der Waals surface area contributed by atoms with Gasteiger partial charge in [-0.05, 0) is 173 Å². The Morgan fingerprint density at radius 2 is 0.500 bits per heavy atom. The van der Waals surface area contributed by atoms with Crippen LogP contribution in [0.15, 0.2) is 182 Å². The lowest BCUT2D eigenvalue weighted by Gasteiger charge is -2.21. The maximum atomic E-state index is 13.1. The van der Waals surface area contributed by atoms with Crippen LogP contribution in [-0.4, -0.2) is 96.7 Å². The Bertz CT molecular complexity index is 2760. The van der Waals surface area contributed by atoms with Crippen molar-refractivity contribution >= 4 is 39.5 Å². The van der Waals surface area contributed by atoms with Gasteiger partial charge < -0.3 is 33.8 Å². The fourth-order valence-electron chi connectivity index (χ4n) is 10.2. The van der Waals surface area contributed by atoms with Gasteiger partial charge in [0.1, 0.15) is 19.3 Å². The van der Waals surface area contributed by atoms with Crippen molar-refractivity contribution in [3.8, 4) is 0 Å². The molecule has 0 aromatic rings. The van der Waals surface area contributed by atoms with Crippen LogP contribution in [0.5, 0.6) is 0 Å². The van der Waals surface area contributed by atoms with Gasteiger partial charge in [0, 0.05) is 25.7 Å². The number of ether oxygens (including phenoxy) is 4. The number of rotatable bonds is 75. The van der Waals surface area contributed by atoms with Gasteiger partial charge in [-0.15, -0.1) is 0 Å². The zero-order valence-electron chi connectivity index (χ0n) is 66.9. The number of allylic oxidation sites excluding steroid dienone is 30. The topological polar surface area (TPSA) is 237 Å². The normalized spacial score (nSPS) is 14.8. The largest absolute Gasteiger partial charge is 0.472 e. The molecule has 0 aliphatic heterocycles. The van der Waals surface area contributed by atoms with E-state index in [9.17, 15) is 43.2 Å². The molecule has 0 aliphatic carbocycles. The Morgan fingerprint density at radius 3 is 0.806 bits per heavy atom. The van der Waals surface area contributed by atoms with Crippen LogP contribution in [0.2, 0.25) is 0 Å². The molecule has 0 heterocycles. The zero-order chi connectivity index (χ0) is 78.9. The van der Waals surface area contributed by atoms with Gasteiger partial charge in [0.2, 0.25) is 0 Å². The average Bonchev–Trinajstić information content (AvgIpc) is 0.923. The molecule has 17 nitrogen and oxygen atoms in total. The number of phosphoric ester groups is 2. The van der Waals surface area contributed by atoms with E-state index in [0.717, 1.165) is 173 Å². The molecule has 0 saturated heterocycles. The minimum absolute atomic E-state index is 0.0261. The Hall–Kier alpha value is -5.84. The molecule has 3 N–H and O–H groups in total.